The van der Waals surface area contributed by atoms with Gasteiger partial charge in [-0.3, -0.25) is 24.2 Å². The molecule has 10 nitrogen and oxygen atoms in total. The zero-order valence-electron chi connectivity index (χ0n) is 29.1. The molecule has 0 atom stereocenters. The smallest absolute Gasteiger partial charge is 0.254 e. The lowest BCUT2D eigenvalue weighted by Gasteiger charge is -2.25. The van der Waals surface area contributed by atoms with Crippen molar-refractivity contribution in [2.75, 3.05) is 6.54 Å². The van der Waals surface area contributed by atoms with Crippen LogP contribution in [-0.2, 0) is 19.8 Å². The minimum Gasteiger partial charge on any atom is -0.367 e. The van der Waals surface area contributed by atoms with E-state index in [4.69, 9.17) is 0 Å². The van der Waals surface area contributed by atoms with Gasteiger partial charge in [0.2, 0.25) is 5.91 Å². The molecule has 0 aromatic carbocycles. The molecule has 0 fully saturated rings. The standard InChI is InChI=1S/C10H15N.C9H13NO.C8H12N2O2.C8H12N2O/c1-8-5-6-11-7-9(8)10(2,3)4;1-9(2,3)7-4-5-10-6-8(7)11;1-8(2,3)7-5(11)4-6(12)9-10-7;1-8(2,3)6-4-9-5-10-7(6)11/h5-7,11H,1H2,2-4H3;4-5H,6H2,1-3H3;4H2,1-3H3,(H,9,12);4-5H,1-3H3,(H,9,10,11). The van der Waals surface area contributed by atoms with Gasteiger partial charge in [0.05, 0.1) is 12.7 Å². The van der Waals surface area contributed by atoms with Crippen LogP contribution in [0.2, 0.25) is 0 Å². The molecule has 0 saturated heterocycles. The fourth-order valence-corrected chi connectivity index (χ4v) is 4.18. The number of hydrogen-bond acceptors (Lipinski definition) is 8. The molecule has 0 unspecified atom stereocenters. The van der Waals surface area contributed by atoms with Gasteiger partial charge in [0.1, 0.15) is 12.3 Å². The van der Waals surface area contributed by atoms with E-state index in [9.17, 15) is 19.2 Å². The molecule has 0 spiro atoms. The number of nitrogens with zero attached hydrogens (tertiary/aromatic N) is 3. The second-order valence-corrected chi connectivity index (χ2v) is 15.0. The van der Waals surface area contributed by atoms with Crippen LogP contribution in [0.5, 0.6) is 0 Å². The average molecular weight is 621 g/mol. The number of hydrazone groups is 1. The van der Waals surface area contributed by atoms with Crippen molar-refractivity contribution >= 4 is 29.4 Å². The number of aromatic nitrogens is 2. The Kier molecular flexibility index (Phi) is 13.5. The molecule has 0 aliphatic carbocycles. The van der Waals surface area contributed by atoms with Crippen molar-refractivity contribution in [1.29, 1.82) is 0 Å². The summed E-state index contributed by atoms with van der Waals surface area (Å²) in [6.07, 6.45) is 12.4. The number of hydrogen-bond donors (Lipinski definition) is 3. The van der Waals surface area contributed by atoms with Gasteiger partial charge in [0.15, 0.2) is 11.6 Å². The van der Waals surface area contributed by atoms with Crippen LogP contribution in [0.1, 0.15) is 95.1 Å². The molecule has 4 heterocycles. The molecule has 3 aliphatic heterocycles. The lowest BCUT2D eigenvalue weighted by molar-refractivity contribution is -0.126. The fourth-order valence-electron chi connectivity index (χ4n) is 4.18. The van der Waals surface area contributed by atoms with Crippen molar-refractivity contribution in [2.24, 2.45) is 26.3 Å². The highest BCUT2D eigenvalue weighted by Gasteiger charge is 2.30. The number of carbonyl (C=O) groups is 3. The third-order valence-electron chi connectivity index (χ3n) is 6.57. The van der Waals surface area contributed by atoms with Gasteiger partial charge in [-0.05, 0) is 39.5 Å². The van der Waals surface area contributed by atoms with Crippen molar-refractivity contribution < 1.29 is 14.4 Å². The zero-order valence-corrected chi connectivity index (χ0v) is 29.1. The number of dihydropyridines is 2. The number of amides is 1. The Balaban J connectivity index is 0.000000300. The third kappa shape index (κ3) is 13.1. The molecular formula is C35H52N6O4. The topological polar surface area (TPSA) is 146 Å². The number of aromatic amines is 1. The molecule has 3 aliphatic rings. The molecule has 0 radical (unpaired) electrons. The number of carbonyl (C=O) groups excluding carboxylic acids is 3. The summed E-state index contributed by atoms with van der Waals surface area (Å²) in [5, 5.41) is 6.80. The first-order valence-electron chi connectivity index (χ1n) is 15.0. The minimum absolute atomic E-state index is 0.0382. The predicted molar refractivity (Wildman–Crippen MR) is 183 cm³/mol. The Bertz CT molecular complexity index is 1460. The molecule has 1 aromatic heterocycles. The maximum Gasteiger partial charge on any atom is 0.254 e. The number of ketones is 2. The van der Waals surface area contributed by atoms with E-state index in [0.29, 0.717) is 12.3 Å². The summed E-state index contributed by atoms with van der Waals surface area (Å²) in [4.78, 5) is 54.7. The van der Waals surface area contributed by atoms with Gasteiger partial charge in [0.25, 0.3) is 5.56 Å². The van der Waals surface area contributed by atoms with Crippen molar-refractivity contribution in [2.45, 2.75) is 94.9 Å². The summed E-state index contributed by atoms with van der Waals surface area (Å²) in [6.45, 7) is 28.6. The van der Waals surface area contributed by atoms with Gasteiger partial charge < -0.3 is 10.3 Å². The predicted octanol–water partition coefficient (Wildman–Crippen LogP) is 5.75. The monoisotopic (exact) mass is 620 g/mol. The molecule has 10 heteroatoms. The van der Waals surface area contributed by atoms with Crippen LogP contribution >= 0.6 is 0 Å². The Hall–Kier alpha value is -4.21. The van der Waals surface area contributed by atoms with E-state index in [1.54, 1.807) is 12.4 Å². The van der Waals surface area contributed by atoms with Gasteiger partial charge >= 0.3 is 0 Å². The average Bonchev–Trinajstić information content (AvgIpc) is 2.88. The van der Waals surface area contributed by atoms with Gasteiger partial charge in [-0.15, -0.1) is 0 Å². The normalized spacial score (nSPS) is 16.7. The molecule has 246 valence electrons. The lowest BCUT2D eigenvalue weighted by atomic mass is 9.82. The summed E-state index contributed by atoms with van der Waals surface area (Å²) in [6, 6.07) is 0. The molecule has 1 amide bonds. The molecular weight excluding hydrogens is 568 g/mol. The largest absolute Gasteiger partial charge is 0.367 e. The zero-order chi connectivity index (χ0) is 34.8. The van der Waals surface area contributed by atoms with Crippen molar-refractivity contribution in [3.8, 4) is 0 Å². The van der Waals surface area contributed by atoms with Gasteiger partial charge in [-0.25, -0.2) is 10.4 Å². The molecule has 3 N–H and O–H groups in total. The van der Waals surface area contributed by atoms with Crippen LogP contribution in [0.25, 0.3) is 0 Å². The van der Waals surface area contributed by atoms with Crippen LogP contribution in [-0.4, -0.2) is 45.9 Å². The third-order valence-corrected chi connectivity index (χ3v) is 6.57. The number of aliphatic imine (C=N–C) groups is 1. The van der Waals surface area contributed by atoms with Crippen LogP contribution in [0, 0.1) is 16.2 Å². The highest BCUT2D eigenvalue weighted by molar-refractivity contribution is 6.45. The molecule has 4 rings (SSSR count). The Morgan fingerprint density at radius 2 is 1.38 bits per heavy atom. The quantitative estimate of drug-likeness (QED) is 0.315. The molecule has 1 aromatic rings. The number of H-pyrrole nitrogens is 1. The maximum absolute atomic E-state index is 11.3. The maximum atomic E-state index is 11.3. The van der Waals surface area contributed by atoms with Crippen LogP contribution in [0.3, 0.4) is 0 Å². The summed E-state index contributed by atoms with van der Waals surface area (Å²) < 4.78 is 0. The Labute approximate surface area is 268 Å². The minimum atomic E-state index is -0.326. The van der Waals surface area contributed by atoms with Gasteiger partial charge in [-0.2, -0.15) is 5.10 Å². The SMILES string of the molecule is C=C1C=CNC=C1C(C)(C)C.CC(C)(C)C1=CC=NCC1=O.CC(C)(C)C1=NNC(=O)CC1=O.CC(C)(C)c1cnc[nH]c1=O. The first kappa shape index (κ1) is 38.8. The lowest BCUT2D eigenvalue weighted by Crippen LogP contribution is -2.39. The summed E-state index contributed by atoms with van der Waals surface area (Å²) in [5.41, 5.74) is 6.43. The number of allylic oxidation sites excluding steroid dienone is 4. The van der Waals surface area contributed by atoms with E-state index in [1.165, 1.54) is 11.9 Å². The molecule has 0 bridgehead atoms. The Morgan fingerprint density at radius 3 is 1.76 bits per heavy atom. The second kappa shape index (κ2) is 15.7. The Morgan fingerprint density at radius 1 is 0.778 bits per heavy atom. The molecule has 0 saturated carbocycles. The van der Waals surface area contributed by atoms with E-state index in [2.05, 4.69) is 58.2 Å². The fraction of sp³-hybridized carbons (Fsp3) is 0.514. The van der Waals surface area contributed by atoms with Gasteiger partial charge in [-0.1, -0.05) is 89.7 Å². The second-order valence-electron chi connectivity index (χ2n) is 15.0. The van der Waals surface area contributed by atoms with Crippen molar-refractivity contribution in [3.05, 3.63) is 76.3 Å². The van der Waals surface area contributed by atoms with Crippen LogP contribution in [0.4, 0.5) is 0 Å². The van der Waals surface area contributed by atoms with E-state index in [-0.39, 0.29) is 51.1 Å². The van der Waals surface area contributed by atoms with Crippen molar-refractivity contribution in [3.63, 3.8) is 0 Å². The molecule has 45 heavy (non-hydrogen) atoms. The van der Waals surface area contributed by atoms with E-state index >= 15 is 0 Å². The van der Waals surface area contributed by atoms with E-state index in [1.807, 2.05) is 86.9 Å². The number of Topliss-reactive ketones (excluding diaryl/α,β-unsaturated/α-hetero) is 2. The van der Waals surface area contributed by atoms with Gasteiger partial charge in [0, 0.05) is 41.4 Å². The number of nitrogens with one attached hydrogen (secondary N) is 3. The van der Waals surface area contributed by atoms with E-state index < -0.39 is 0 Å². The van der Waals surface area contributed by atoms with E-state index in [0.717, 1.165) is 16.7 Å². The summed E-state index contributed by atoms with van der Waals surface area (Å²) in [7, 11) is 0. The van der Waals surface area contributed by atoms with Crippen LogP contribution in [0.15, 0.2) is 75.3 Å². The van der Waals surface area contributed by atoms with Crippen molar-refractivity contribution in [1.82, 2.24) is 20.7 Å². The summed E-state index contributed by atoms with van der Waals surface area (Å²) >= 11 is 0. The number of rotatable bonds is 0. The summed E-state index contributed by atoms with van der Waals surface area (Å²) in [5.74, 6) is -0.348. The van der Waals surface area contributed by atoms with Crippen LogP contribution < -0.4 is 16.3 Å². The first-order chi connectivity index (χ1) is 20.5. The highest BCUT2D eigenvalue weighted by Crippen LogP contribution is 2.31. The first-order valence-corrected chi connectivity index (χ1v) is 15.0. The highest BCUT2D eigenvalue weighted by atomic mass is 16.2.